The minimum atomic E-state index is -2.30. The van der Waals surface area contributed by atoms with Gasteiger partial charge < -0.3 is 49.3 Å². The van der Waals surface area contributed by atoms with Crippen molar-refractivity contribution in [2.75, 3.05) is 6.61 Å². The molecule has 0 aromatic heterocycles. The van der Waals surface area contributed by atoms with Gasteiger partial charge >= 0.3 is 29.6 Å². The number of hydrogen-bond acceptors (Lipinski definition) is 12. The molecule has 0 radical (unpaired) electrons. The summed E-state index contributed by atoms with van der Waals surface area (Å²) in [7, 11) is 0. The van der Waals surface area contributed by atoms with E-state index < -0.39 is 108 Å². The number of fused-ring (bicyclic) bond motifs is 7. The Hall–Kier alpha value is -0.910. The van der Waals surface area contributed by atoms with Crippen LogP contribution in [0.4, 0.5) is 8.78 Å². The number of hydrogen-bond donors (Lipinski definition) is 4. The maximum Gasteiger partial charge on any atom is 1.00 e. The van der Waals surface area contributed by atoms with Crippen molar-refractivity contribution in [3.05, 3.63) is 11.6 Å². The van der Waals surface area contributed by atoms with Crippen LogP contribution in [0.5, 0.6) is 0 Å². The van der Waals surface area contributed by atoms with E-state index in [1.807, 2.05) is 6.92 Å². The monoisotopic (exact) mass is 666 g/mol. The first-order chi connectivity index (χ1) is 21.1. The molecule has 6 aliphatic rings. The van der Waals surface area contributed by atoms with Gasteiger partial charge in [-0.3, -0.25) is 9.59 Å². The Bertz CT molecular complexity index is 1290. The Balaban J connectivity index is 0.00000417. The summed E-state index contributed by atoms with van der Waals surface area (Å²) < 4.78 is 56.8. The summed E-state index contributed by atoms with van der Waals surface area (Å²) in [5, 5.41) is 53.6. The van der Waals surface area contributed by atoms with Crippen LogP contribution in [0.2, 0.25) is 0 Å². The van der Waals surface area contributed by atoms with E-state index in [0.717, 1.165) is 0 Å². The zero-order valence-electron chi connectivity index (χ0n) is 26.4. The van der Waals surface area contributed by atoms with E-state index in [0.29, 0.717) is 12.8 Å². The van der Waals surface area contributed by atoms with Gasteiger partial charge in [-0.25, -0.2) is 8.78 Å². The summed E-state index contributed by atoms with van der Waals surface area (Å²) >= 11 is 0. The first-order valence-corrected chi connectivity index (χ1v) is 15.7. The van der Waals surface area contributed by atoms with Crippen LogP contribution >= 0.6 is 0 Å². The number of aliphatic hydroxyl groups excluding tert-OH is 4. The van der Waals surface area contributed by atoms with E-state index in [-0.39, 0.29) is 73.0 Å². The minimum Gasteiger partial charge on any atom is -0.547 e. The number of carbonyl (C=O) groups is 3. The molecule has 0 bridgehead atoms. The minimum absolute atomic E-state index is 0. The second-order valence-electron chi connectivity index (χ2n) is 14.1. The molecule has 2 aliphatic heterocycles. The van der Waals surface area contributed by atoms with Crippen LogP contribution in [0.3, 0.4) is 0 Å². The van der Waals surface area contributed by atoms with Gasteiger partial charge in [0.05, 0.1) is 18.2 Å². The molecule has 6 unspecified atom stereocenters. The zero-order chi connectivity index (χ0) is 32.9. The molecule has 0 spiro atoms. The zero-order valence-corrected chi connectivity index (χ0v) is 28.4. The molecule has 15 atom stereocenters. The van der Waals surface area contributed by atoms with Gasteiger partial charge in [0.15, 0.2) is 29.7 Å². The number of Topliss-reactive ketones (excluding diaryl/α,β-unsaturated/α-hetero) is 1. The van der Waals surface area contributed by atoms with Crippen molar-refractivity contribution in [1.29, 1.82) is 0 Å². The summed E-state index contributed by atoms with van der Waals surface area (Å²) in [5.41, 5.74) is -6.76. The number of ketones is 2. The number of ether oxygens (including phenoxy) is 4. The van der Waals surface area contributed by atoms with Crippen LogP contribution in [-0.4, -0.2) is 111 Å². The second-order valence-corrected chi connectivity index (χ2v) is 14.1. The van der Waals surface area contributed by atoms with E-state index in [2.05, 4.69) is 0 Å². The number of halogens is 2. The fraction of sp³-hybridized carbons (Fsp3) is 0.839. The predicted molar refractivity (Wildman–Crippen MR) is 144 cm³/mol. The SMILES string of the molecule is CCCC1OC2CC3C4C[C@H](F)C5=CC(=O)CC[C@]5(C)[C@@]4(F)[C@@H](O)C[C@]3(C)C2(C(=O)COC2O[C@H](C(=O)[O-])[C@@H](O)[C@H](O)[C@H]2O)O1.[Na+]. The molecule has 4 aliphatic carbocycles. The molecule has 0 aromatic carbocycles. The van der Waals surface area contributed by atoms with E-state index in [1.54, 1.807) is 13.8 Å². The molecule has 2 heterocycles. The van der Waals surface area contributed by atoms with Crippen molar-refractivity contribution in [3.8, 4) is 0 Å². The fourth-order valence-electron chi connectivity index (χ4n) is 9.69. The quantitative estimate of drug-likeness (QED) is 0.197. The topological polar surface area (TPSA) is 192 Å². The summed E-state index contributed by atoms with van der Waals surface area (Å²) in [6, 6.07) is 0. The van der Waals surface area contributed by atoms with Gasteiger partial charge in [0.1, 0.15) is 42.9 Å². The number of allylic oxidation sites excluding steroid dienone is 1. The Kier molecular flexibility index (Phi) is 9.84. The summed E-state index contributed by atoms with van der Waals surface area (Å²) in [5.74, 6) is -4.60. The van der Waals surface area contributed by atoms with Crippen LogP contribution < -0.4 is 34.7 Å². The first kappa shape index (κ1) is 36.4. The van der Waals surface area contributed by atoms with E-state index in [1.165, 1.54) is 6.08 Å². The normalized spacial score (nSPS) is 51.2. The van der Waals surface area contributed by atoms with Gasteiger partial charge in [0.25, 0.3) is 0 Å². The predicted octanol–water partition coefficient (Wildman–Crippen LogP) is -3.43. The van der Waals surface area contributed by atoms with Gasteiger partial charge in [0.2, 0.25) is 0 Å². The molecule has 4 N–H and O–H groups in total. The third-order valence-electron chi connectivity index (χ3n) is 11.9. The van der Waals surface area contributed by atoms with Crippen molar-refractivity contribution in [2.45, 2.75) is 132 Å². The maximum atomic E-state index is 17.6. The van der Waals surface area contributed by atoms with Crippen molar-refractivity contribution in [2.24, 2.45) is 22.7 Å². The molecule has 0 amide bonds. The molecule has 5 fully saturated rings. The number of aliphatic carboxylic acids is 1. The van der Waals surface area contributed by atoms with E-state index >= 15 is 8.78 Å². The average molecular weight is 667 g/mol. The maximum absolute atomic E-state index is 17.6. The van der Waals surface area contributed by atoms with Gasteiger partial charge in [0, 0.05) is 23.2 Å². The van der Waals surface area contributed by atoms with Gasteiger partial charge in [-0.05, 0) is 49.7 Å². The van der Waals surface area contributed by atoms with Crippen LogP contribution in [-0.2, 0) is 33.3 Å². The number of rotatable bonds is 7. The van der Waals surface area contributed by atoms with Gasteiger partial charge in [-0.2, -0.15) is 0 Å². The van der Waals surface area contributed by atoms with Gasteiger partial charge in [-0.1, -0.05) is 27.2 Å². The first-order valence-electron chi connectivity index (χ1n) is 15.7. The number of aliphatic hydroxyl groups is 4. The summed E-state index contributed by atoms with van der Waals surface area (Å²) in [6.45, 7) is 4.32. The molecule has 0 aromatic rings. The summed E-state index contributed by atoms with van der Waals surface area (Å²) in [6.07, 6.45) is -13.0. The van der Waals surface area contributed by atoms with E-state index in [9.17, 15) is 39.9 Å². The molecular formula is C31H41F2NaO12. The Morgan fingerprint density at radius 2 is 1.78 bits per heavy atom. The van der Waals surface area contributed by atoms with Crippen molar-refractivity contribution in [1.82, 2.24) is 0 Å². The van der Waals surface area contributed by atoms with Crippen LogP contribution in [0.15, 0.2) is 11.6 Å². The Morgan fingerprint density at radius 3 is 2.43 bits per heavy atom. The van der Waals surface area contributed by atoms with Crippen LogP contribution in [0.25, 0.3) is 0 Å². The Labute approximate surface area is 287 Å². The molecule has 2 saturated heterocycles. The average Bonchev–Trinajstić information content (AvgIpc) is 3.46. The Morgan fingerprint density at radius 1 is 1.09 bits per heavy atom. The van der Waals surface area contributed by atoms with Gasteiger partial charge in [-0.15, -0.1) is 0 Å². The van der Waals surface area contributed by atoms with Crippen molar-refractivity contribution in [3.63, 3.8) is 0 Å². The fourth-order valence-corrected chi connectivity index (χ4v) is 9.69. The molecule has 3 saturated carbocycles. The van der Waals surface area contributed by atoms with Crippen molar-refractivity contribution < 1.29 is 97.2 Å². The molecular weight excluding hydrogens is 625 g/mol. The number of alkyl halides is 2. The molecule has 46 heavy (non-hydrogen) atoms. The van der Waals surface area contributed by atoms with E-state index in [4.69, 9.17) is 18.9 Å². The van der Waals surface area contributed by atoms with Crippen molar-refractivity contribution >= 4 is 17.5 Å². The number of carbonyl (C=O) groups excluding carboxylic acids is 3. The van der Waals surface area contributed by atoms with Crippen LogP contribution in [0.1, 0.15) is 65.7 Å². The number of carboxylic acid groups (broad SMARTS) is 1. The molecule has 6 rings (SSSR count). The second kappa shape index (κ2) is 12.4. The largest absolute Gasteiger partial charge is 1.00 e. The molecule has 252 valence electrons. The number of carboxylic acids is 1. The summed E-state index contributed by atoms with van der Waals surface area (Å²) in [4.78, 5) is 37.9. The van der Waals surface area contributed by atoms with Crippen LogP contribution in [0, 0.1) is 22.7 Å². The molecule has 12 nitrogen and oxygen atoms in total. The third-order valence-corrected chi connectivity index (χ3v) is 11.9. The smallest absolute Gasteiger partial charge is 0.547 e. The third kappa shape index (κ3) is 4.88. The molecule has 15 heteroatoms. The standard InChI is InChI=1S/C31H42F2O12.Na/c1-4-5-21-43-20-10-14-15-9-17(32)16-8-13(34)6-7-28(16,2)30(15,33)18(35)11-29(14,3)31(20,45-21)19(36)12-42-27-24(39)22(37)23(38)25(44-27)26(40)41;/h8,14-15,17-18,20-25,27,35,37-39H,4-7,9-12H2,1-3H3,(H,40,41);/q;+1/p-1/t14?,15?,17-,18-,20?,21?,22-,23-,24+,25-,27?,28-,29-,30-,31?;/m0./s1.